The van der Waals surface area contributed by atoms with E-state index in [0.717, 1.165) is 60.7 Å². The Morgan fingerprint density at radius 1 is 0.841 bits per heavy atom. The fraction of sp³-hybridized carbons (Fsp3) is 0.380. The van der Waals surface area contributed by atoms with Crippen molar-refractivity contribution in [3.63, 3.8) is 0 Å². The molecule has 1 aromatic heterocycles. The van der Waals surface area contributed by atoms with E-state index in [1.807, 2.05) is 36.4 Å². The molecule has 5 aromatic rings. The average molecular weight is 1010 g/mol. The number of halogens is 4. The van der Waals surface area contributed by atoms with Gasteiger partial charge in [-0.05, 0) is 116 Å². The molecular formula is C50H50Cl2F2N4O10S. The van der Waals surface area contributed by atoms with Crippen molar-refractivity contribution >= 4 is 45.3 Å². The number of carbonyl (C=O) groups is 2. The summed E-state index contributed by atoms with van der Waals surface area (Å²) in [5.74, 6) is -3.12. The Labute approximate surface area is 408 Å². The van der Waals surface area contributed by atoms with Gasteiger partial charge in [0, 0.05) is 47.2 Å². The molecule has 1 amide bonds. The van der Waals surface area contributed by atoms with Crippen molar-refractivity contribution in [2.45, 2.75) is 74.3 Å². The Bertz CT molecular complexity index is 2760. The number of nitrogens with zero attached hydrogens (tertiary/aromatic N) is 3. The summed E-state index contributed by atoms with van der Waals surface area (Å²) in [6.07, 6.45) is 5.31. The number of fused-ring (bicyclic) bond motifs is 3. The first kappa shape index (κ1) is 48.3. The number of carboxylic acids is 1. The Kier molecular flexibility index (Phi) is 14.5. The number of alkyl halides is 2. The second kappa shape index (κ2) is 20.7. The number of sulfonamides is 1. The molecule has 2 unspecified atom stereocenters. The number of rotatable bonds is 19. The summed E-state index contributed by atoms with van der Waals surface area (Å²) in [6.45, 7) is -0.687. The van der Waals surface area contributed by atoms with E-state index in [1.54, 1.807) is 30.3 Å². The first-order valence-electron chi connectivity index (χ1n) is 22.8. The monoisotopic (exact) mass is 1010 g/mol. The minimum Gasteiger partial charge on any atom is -0.550 e. The number of pyridine rings is 1. The van der Waals surface area contributed by atoms with Gasteiger partial charge in [-0.25, -0.2) is 13.2 Å². The van der Waals surface area contributed by atoms with E-state index in [1.165, 1.54) is 42.7 Å². The molecule has 4 saturated heterocycles. The van der Waals surface area contributed by atoms with Crippen molar-refractivity contribution in [1.82, 2.24) is 14.5 Å². The van der Waals surface area contributed by atoms with E-state index in [2.05, 4.69) is 10.2 Å². The van der Waals surface area contributed by atoms with Crippen LogP contribution in [0, 0.1) is 17.8 Å². The van der Waals surface area contributed by atoms with Gasteiger partial charge >= 0.3 is 12.7 Å². The average Bonchev–Trinajstić information content (AvgIpc) is 4.15. The molecule has 4 aromatic carbocycles. The van der Waals surface area contributed by atoms with Crippen molar-refractivity contribution < 1.29 is 60.8 Å². The van der Waals surface area contributed by atoms with Gasteiger partial charge in [0.2, 0.25) is 22.4 Å². The number of aliphatic carboxylic acids is 1. The molecule has 19 heteroatoms. The molecule has 5 heterocycles. The number of piperidine rings is 3. The maximum absolute atomic E-state index is 14.7. The molecule has 0 spiro atoms. The third kappa shape index (κ3) is 11.2. The lowest BCUT2D eigenvalue weighted by Crippen LogP contribution is -2.65. The maximum atomic E-state index is 14.7. The number of ether oxygens (including phenoxy) is 4. The summed E-state index contributed by atoms with van der Waals surface area (Å²) in [7, 11) is -4.45. The summed E-state index contributed by atoms with van der Waals surface area (Å²) in [5, 5.41) is 26.0. The molecule has 10 rings (SSSR count). The molecule has 5 atom stereocenters. The minimum atomic E-state index is -4.45. The predicted octanol–water partition coefficient (Wildman–Crippen LogP) is 7.16. The van der Waals surface area contributed by atoms with Gasteiger partial charge in [-0.3, -0.25) is 10.1 Å². The zero-order chi connectivity index (χ0) is 48.4. The summed E-state index contributed by atoms with van der Waals surface area (Å²) >= 11 is 13.2. The van der Waals surface area contributed by atoms with Gasteiger partial charge < -0.3 is 34.2 Å². The van der Waals surface area contributed by atoms with Crippen molar-refractivity contribution in [2.75, 3.05) is 32.8 Å². The van der Waals surface area contributed by atoms with E-state index in [9.17, 15) is 37.1 Å². The van der Waals surface area contributed by atoms with Crippen LogP contribution in [0.25, 0.3) is 0 Å². The Hall–Kier alpha value is -5.72. The molecule has 5 aliphatic rings. The van der Waals surface area contributed by atoms with Crippen molar-refractivity contribution in [1.29, 1.82) is 0 Å². The number of benzene rings is 4. The standard InChI is InChI=1S/C50H50Cl2F2N4O10S/c51-41-25-57(62)26-42(52)39(41)23-38(34-14-15-43(67-49(53)54)44(22-34)66-28-30-12-13-30)47-40(48(59)60)24-58(47)69(63,64)37-11-4-6-31(20-37)29-65-36-10-5-9-35(21-36)46(33-7-2-1-3-8-33)55-50(61)68-45-27-56-18-16-32(45)17-19-56/h1-11,14-15,20-22,25-26,30,32,38,40,45-47,49H,12-13,16-19,23-24,27-29H2,(H2-,55,59,60,61,62)/t38-,40?,45-,46-,47?/m0/s1. The van der Waals surface area contributed by atoms with Crippen LogP contribution in [0.15, 0.2) is 114 Å². The fourth-order valence-corrected chi connectivity index (χ4v) is 12.0. The van der Waals surface area contributed by atoms with Crippen LogP contribution in [0.3, 0.4) is 0 Å². The van der Waals surface area contributed by atoms with Gasteiger partial charge in [-0.15, -0.1) is 0 Å². The maximum Gasteiger partial charge on any atom is 0.408 e. The molecule has 2 bridgehead atoms. The lowest BCUT2D eigenvalue weighted by molar-refractivity contribution is -0.904. The second-order valence-electron chi connectivity index (χ2n) is 18.0. The number of hydrogen-bond acceptors (Lipinski definition) is 11. The smallest absolute Gasteiger partial charge is 0.408 e. The molecule has 364 valence electrons. The molecule has 2 N–H and O–H groups in total. The number of alkyl carbamates (subject to hydrolysis) is 1. The first-order valence-corrected chi connectivity index (χ1v) is 25.0. The van der Waals surface area contributed by atoms with Gasteiger partial charge in [-0.1, -0.05) is 83.9 Å². The van der Waals surface area contributed by atoms with Crippen molar-refractivity contribution in [3.8, 4) is 17.2 Å². The van der Waals surface area contributed by atoms with Gasteiger partial charge in [0.15, 0.2) is 11.5 Å². The van der Waals surface area contributed by atoms with Crippen LogP contribution in [0.2, 0.25) is 10.0 Å². The van der Waals surface area contributed by atoms with Crippen LogP contribution < -0.4 is 29.4 Å². The Balaban J connectivity index is 0.966. The van der Waals surface area contributed by atoms with Gasteiger partial charge in [-0.2, -0.15) is 13.1 Å². The highest BCUT2D eigenvalue weighted by molar-refractivity contribution is 7.89. The lowest BCUT2D eigenvalue weighted by atomic mass is 9.75. The summed E-state index contributed by atoms with van der Waals surface area (Å²) in [4.78, 5) is 28.4. The molecule has 0 radical (unpaired) electrons. The fourth-order valence-electron chi connectivity index (χ4n) is 9.60. The Morgan fingerprint density at radius 3 is 2.25 bits per heavy atom. The summed E-state index contributed by atoms with van der Waals surface area (Å²) < 4.78 is 81.2. The first-order chi connectivity index (χ1) is 33.2. The molecule has 1 saturated carbocycles. The highest BCUT2D eigenvalue weighted by atomic mass is 35.5. The normalized spacial score (nSPS) is 22.0. The largest absolute Gasteiger partial charge is 0.550 e. The highest BCUT2D eigenvalue weighted by Gasteiger charge is 2.51. The quantitative estimate of drug-likeness (QED) is 0.0636. The van der Waals surface area contributed by atoms with Crippen LogP contribution in [-0.4, -0.2) is 86.4 Å². The SMILES string of the molecule is O=C(N[C@@H](c1ccccc1)c1cccc(OCc2cccc(S(=O)(=O)N3CC(C(=O)[O-])C3[C@@H](Cc3c(Cl)c[n+](O)cc3Cl)c3ccc(OC(F)F)c(OCC4CC4)c3)c2)c1)O[C@H]1CN2CCC1CC2. The zero-order valence-corrected chi connectivity index (χ0v) is 39.5. The lowest BCUT2D eigenvalue weighted by Gasteiger charge is -2.51. The third-order valence-corrected chi connectivity index (χ3v) is 16.0. The van der Waals surface area contributed by atoms with Crippen LogP contribution in [0.5, 0.6) is 17.2 Å². The van der Waals surface area contributed by atoms with Crippen LogP contribution >= 0.6 is 23.2 Å². The van der Waals surface area contributed by atoms with Gasteiger partial charge in [0.05, 0.1) is 17.5 Å². The van der Waals surface area contributed by atoms with E-state index in [4.69, 9.17) is 42.1 Å². The van der Waals surface area contributed by atoms with Gasteiger partial charge in [0.25, 0.3) is 0 Å². The minimum absolute atomic E-state index is 0.00356. The van der Waals surface area contributed by atoms with Crippen LogP contribution in [0.4, 0.5) is 13.6 Å². The molecule has 1 aliphatic carbocycles. The van der Waals surface area contributed by atoms with Crippen molar-refractivity contribution in [2.24, 2.45) is 17.8 Å². The molecule has 4 aliphatic heterocycles. The van der Waals surface area contributed by atoms with E-state index in [-0.39, 0.29) is 63.7 Å². The van der Waals surface area contributed by atoms with Crippen LogP contribution in [0.1, 0.15) is 65.5 Å². The molecule has 5 fully saturated rings. The highest BCUT2D eigenvalue weighted by Crippen LogP contribution is 2.46. The van der Waals surface area contributed by atoms with Crippen molar-refractivity contribution in [3.05, 3.63) is 147 Å². The summed E-state index contributed by atoms with van der Waals surface area (Å²) in [5.41, 5.74) is 2.64. The zero-order valence-electron chi connectivity index (χ0n) is 37.2. The summed E-state index contributed by atoms with van der Waals surface area (Å²) in [6, 6.07) is 25.1. The number of hydrogen-bond donors (Lipinski definition) is 2. The topological polar surface area (TPSA) is 171 Å². The number of aromatic nitrogens is 1. The second-order valence-corrected chi connectivity index (χ2v) is 20.7. The number of nitrogens with one attached hydrogen (secondary N) is 1. The predicted molar refractivity (Wildman–Crippen MR) is 246 cm³/mol. The number of carboxylic acid groups (broad SMARTS) is 1. The van der Waals surface area contributed by atoms with E-state index in [0.29, 0.717) is 27.5 Å². The molecule has 14 nitrogen and oxygen atoms in total. The molecular weight excluding hydrogens is 958 g/mol. The number of carbonyl (C=O) groups excluding carboxylic acids is 2. The third-order valence-electron chi connectivity index (χ3n) is 13.5. The van der Waals surface area contributed by atoms with Crippen LogP contribution in [-0.2, 0) is 32.6 Å². The Morgan fingerprint density at radius 2 is 1.57 bits per heavy atom. The van der Waals surface area contributed by atoms with E-state index < -0.39 is 59.2 Å². The van der Waals surface area contributed by atoms with Gasteiger partial charge in [0.1, 0.15) is 28.5 Å². The number of amides is 1. The van der Waals surface area contributed by atoms with E-state index >= 15 is 0 Å². The molecule has 69 heavy (non-hydrogen) atoms.